The van der Waals surface area contributed by atoms with E-state index < -0.39 is 0 Å². The third-order valence-electron chi connectivity index (χ3n) is 3.52. The van der Waals surface area contributed by atoms with Crippen LogP contribution in [0.5, 0.6) is 0 Å². The van der Waals surface area contributed by atoms with Gasteiger partial charge in [0.15, 0.2) is 0 Å². The number of nitrogens with one attached hydrogen (secondary N) is 1. The molecule has 5 heteroatoms. The Morgan fingerprint density at radius 3 is 2.95 bits per heavy atom. The van der Waals surface area contributed by atoms with Crippen LogP contribution in [0.4, 0.5) is 5.82 Å². The molecule has 0 aliphatic heterocycles. The molecule has 1 aliphatic carbocycles. The number of hydrogen-bond donors (Lipinski definition) is 1. The van der Waals surface area contributed by atoms with E-state index in [-0.39, 0.29) is 0 Å². The van der Waals surface area contributed by atoms with Crippen molar-refractivity contribution in [3.05, 3.63) is 39.0 Å². The maximum atomic E-state index is 9.28. The smallest absolute Gasteiger partial charge is 0.144 e. The lowest BCUT2D eigenvalue weighted by Gasteiger charge is -2.17. The van der Waals surface area contributed by atoms with Gasteiger partial charge in [-0.1, -0.05) is 0 Å². The summed E-state index contributed by atoms with van der Waals surface area (Å²) in [6.07, 6.45) is 4.45. The van der Waals surface area contributed by atoms with Gasteiger partial charge in [0.1, 0.15) is 11.9 Å². The van der Waals surface area contributed by atoms with Crippen molar-refractivity contribution < 1.29 is 0 Å². The fraction of sp³-hybridized carbons (Fsp3) is 0.400. The van der Waals surface area contributed by atoms with Crippen LogP contribution in [0, 0.1) is 18.3 Å². The normalized spacial score (nSPS) is 13.6. The summed E-state index contributed by atoms with van der Waals surface area (Å²) in [5, 5.41) is 15.6. The molecule has 0 saturated heterocycles. The second-order valence-electron chi connectivity index (χ2n) is 5.02. The van der Waals surface area contributed by atoms with Crippen molar-refractivity contribution in [2.45, 2.75) is 39.2 Å². The van der Waals surface area contributed by atoms with Crippen molar-refractivity contribution in [2.75, 3.05) is 5.32 Å². The van der Waals surface area contributed by atoms with Crippen LogP contribution < -0.4 is 5.32 Å². The summed E-state index contributed by atoms with van der Waals surface area (Å²) in [6.45, 7) is 2.61. The van der Waals surface area contributed by atoms with Gasteiger partial charge in [0, 0.05) is 11.1 Å². The number of hydrogen-bond acceptors (Lipinski definition) is 5. The van der Waals surface area contributed by atoms with Gasteiger partial charge in [-0.15, -0.1) is 11.3 Å². The number of aromatic nitrogens is 2. The number of nitrogens with zero attached hydrogens (tertiary/aromatic N) is 3. The van der Waals surface area contributed by atoms with Gasteiger partial charge in [-0.3, -0.25) is 0 Å². The summed E-state index contributed by atoms with van der Waals surface area (Å²) in [4.78, 5) is 9.06. The van der Waals surface area contributed by atoms with Gasteiger partial charge in [-0.2, -0.15) is 5.26 Å². The zero-order valence-electron chi connectivity index (χ0n) is 11.4. The van der Waals surface area contributed by atoms with E-state index in [1.165, 1.54) is 18.4 Å². The maximum absolute atomic E-state index is 9.28. The SMILES string of the molecule is Cc1nc(CNc2nc3c(cc2C#N)CCCC3)cs1. The lowest BCUT2D eigenvalue weighted by atomic mass is 9.95. The molecule has 0 bridgehead atoms. The molecule has 1 aliphatic rings. The molecule has 0 saturated carbocycles. The monoisotopic (exact) mass is 284 g/mol. The standard InChI is InChI=1S/C15H16N4S/c1-10-18-13(9-20-10)8-17-15-12(7-16)6-11-4-2-3-5-14(11)19-15/h6,9H,2-5,8H2,1H3,(H,17,19). The zero-order valence-corrected chi connectivity index (χ0v) is 12.3. The topological polar surface area (TPSA) is 61.6 Å². The molecule has 0 unspecified atom stereocenters. The molecule has 0 aromatic carbocycles. The summed E-state index contributed by atoms with van der Waals surface area (Å²) < 4.78 is 0. The van der Waals surface area contributed by atoms with Crippen LogP contribution in [0.1, 0.15) is 40.4 Å². The predicted octanol–water partition coefficient (Wildman–Crippen LogP) is 3.21. The van der Waals surface area contributed by atoms with Crippen LogP contribution in [0.3, 0.4) is 0 Å². The minimum Gasteiger partial charge on any atom is -0.363 e. The third-order valence-corrected chi connectivity index (χ3v) is 4.35. The molecule has 102 valence electrons. The highest BCUT2D eigenvalue weighted by atomic mass is 32.1. The van der Waals surface area contributed by atoms with Gasteiger partial charge < -0.3 is 5.32 Å². The largest absolute Gasteiger partial charge is 0.363 e. The number of pyridine rings is 1. The number of rotatable bonds is 3. The number of thiazole rings is 1. The first kappa shape index (κ1) is 13.1. The molecule has 2 aromatic heterocycles. The Hall–Kier alpha value is -1.93. The van der Waals surface area contributed by atoms with Crippen LogP contribution in [0.25, 0.3) is 0 Å². The highest BCUT2D eigenvalue weighted by Crippen LogP contribution is 2.24. The molecular formula is C15H16N4S. The summed E-state index contributed by atoms with van der Waals surface area (Å²) in [5.41, 5.74) is 4.02. The lowest BCUT2D eigenvalue weighted by molar-refractivity contribution is 0.668. The van der Waals surface area contributed by atoms with Crippen LogP contribution in [-0.4, -0.2) is 9.97 Å². The third kappa shape index (κ3) is 2.66. The van der Waals surface area contributed by atoms with Crippen molar-refractivity contribution >= 4 is 17.2 Å². The van der Waals surface area contributed by atoms with Gasteiger partial charge in [0.05, 0.1) is 22.8 Å². The molecule has 2 aromatic rings. The van der Waals surface area contributed by atoms with Gasteiger partial charge >= 0.3 is 0 Å². The second-order valence-corrected chi connectivity index (χ2v) is 6.08. The zero-order chi connectivity index (χ0) is 13.9. The van der Waals surface area contributed by atoms with E-state index >= 15 is 0 Å². The van der Waals surface area contributed by atoms with Crippen LogP contribution >= 0.6 is 11.3 Å². The van der Waals surface area contributed by atoms with E-state index in [1.54, 1.807) is 11.3 Å². The summed E-state index contributed by atoms with van der Waals surface area (Å²) in [7, 11) is 0. The summed E-state index contributed by atoms with van der Waals surface area (Å²) in [6, 6.07) is 4.24. The van der Waals surface area contributed by atoms with Crippen molar-refractivity contribution in [3.8, 4) is 6.07 Å². The first-order valence-corrected chi connectivity index (χ1v) is 7.72. The van der Waals surface area contributed by atoms with Crippen LogP contribution in [0.15, 0.2) is 11.4 Å². The van der Waals surface area contributed by atoms with Crippen molar-refractivity contribution in [3.63, 3.8) is 0 Å². The first-order chi connectivity index (χ1) is 9.76. The Balaban J connectivity index is 1.83. The van der Waals surface area contributed by atoms with E-state index in [0.29, 0.717) is 17.9 Å². The lowest BCUT2D eigenvalue weighted by Crippen LogP contribution is -2.10. The highest BCUT2D eigenvalue weighted by molar-refractivity contribution is 7.09. The molecule has 0 spiro atoms. The molecule has 1 N–H and O–H groups in total. The first-order valence-electron chi connectivity index (χ1n) is 6.84. The van der Waals surface area contributed by atoms with E-state index in [2.05, 4.69) is 21.4 Å². The van der Waals surface area contributed by atoms with Crippen LogP contribution in [0.2, 0.25) is 0 Å². The van der Waals surface area contributed by atoms with Gasteiger partial charge in [0.25, 0.3) is 0 Å². The fourth-order valence-corrected chi connectivity index (χ4v) is 3.13. The molecule has 3 rings (SSSR count). The number of fused-ring (bicyclic) bond motifs is 1. The number of aryl methyl sites for hydroxylation is 3. The molecule has 4 nitrogen and oxygen atoms in total. The van der Waals surface area contributed by atoms with Crippen molar-refractivity contribution in [1.29, 1.82) is 5.26 Å². The Kier molecular flexibility index (Phi) is 3.66. The molecule has 2 heterocycles. The molecule has 0 radical (unpaired) electrons. The van der Waals surface area contributed by atoms with E-state index in [0.717, 1.165) is 29.2 Å². The minimum absolute atomic E-state index is 0.616. The quantitative estimate of drug-likeness (QED) is 0.940. The summed E-state index contributed by atoms with van der Waals surface area (Å²) >= 11 is 1.64. The van der Waals surface area contributed by atoms with E-state index in [9.17, 15) is 5.26 Å². The number of nitriles is 1. The average molecular weight is 284 g/mol. The van der Waals surface area contributed by atoms with Gasteiger partial charge in [0.2, 0.25) is 0 Å². The predicted molar refractivity (Wildman–Crippen MR) is 79.8 cm³/mol. The summed E-state index contributed by atoms with van der Waals surface area (Å²) in [5.74, 6) is 0.693. The number of anilines is 1. The second kappa shape index (κ2) is 5.59. The van der Waals surface area contributed by atoms with E-state index in [4.69, 9.17) is 0 Å². The van der Waals surface area contributed by atoms with Gasteiger partial charge in [-0.25, -0.2) is 9.97 Å². The molecular weight excluding hydrogens is 268 g/mol. The Morgan fingerprint density at radius 2 is 2.20 bits per heavy atom. The Bertz CT molecular complexity index is 669. The highest BCUT2D eigenvalue weighted by Gasteiger charge is 2.15. The molecule has 20 heavy (non-hydrogen) atoms. The van der Waals surface area contributed by atoms with Crippen LogP contribution in [-0.2, 0) is 19.4 Å². The Morgan fingerprint density at radius 1 is 1.35 bits per heavy atom. The molecule has 0 fully saturated rings. The average Bonchev–Trinajstić information content (AvgIpc) is 2.89. The fourth-order valence-electron chi connectivity index (χ4n) is 2.52. The van der Waals surface area contributed by atoms with Crippen molar-refractivity contribution in [2.24, 2.45) is 0 Å². The molecule has 0 atom stereocenters. The van der Waals surface area contributed by atoms with Gasteiger partial charge in [-0.05, 0) is 44.2 Å². The minimum atomic E-state index is 0.616. The van der Waals surface area contributed by atoms with E-state index in [1.807, 2.05) is 18.4 Å². The molecule has 0 amide bonds. The Labute approximate surface area is 122 Å². The maximum Gasteiger partial charge on any atom is 0.144 e. The van der Waals surface area contributed by atoms with Crippen molar-refractivity contribution in [1.82, 2.24) is 9.97 Å².